The third-order valence-electron chi connectivity index (χ3n) is 5.57. The van der Waals surface area contributed by atoms with Crippen LogP contribution in [0.1, 0.15) is 27.0 Å². The van der Waals surface area contributed by atoms with Gasteiger partial charge in [0.05, 0.1) is 11.3 Å². The molecule has 1 saturated heterocycles. The maximum absolute atomic E-state index is 12.6. The van der Waals surface area contributed by atoms with Gasteiger partial charge >= 0.3 is 0 Å². The quantitative estimate of drug-likeness (QED) is 0.689. The monoisotopic (exact) mass is 387 g/mol. The van der Waals surface area contributed by atoms with Crippen LogP contribution in [0.25, 0.3) is 11.3 Å². The van der Waals surface area contributed by atoms with Crippen LogP contribution in [0.15, 0.2) is 48.8 Å². The summed E-state index contributed by atoms with van der Waals surface area (Å²) in [4.78, 5) is 20.7. The van der Waals surface area contributed by atoms with E-state index in [2.05, 4.69) is 53.0 Å². The fourth-order valence-corrected chi connectivity index (χ4v) is 3.68. The Kier molecular flexibility index (Phi) is 5.25. The number of piperazine rings is 1. The summed E-state index contributed by atoms with van der Waals surface area (Å²) in [6.45, 7) is 9.15. The smallest absolute Gasteiger partial charge is 0.255 e. The number of aromatic nitrogens is 3. The van der Waals surface area contributed by atoms with Gasteiger partial charge in [0.15, 0.2) is 5.82 Å². The van der Waals surface area contributed by atoms with Gasteiger partial charge in [-0.1, -0.05) is 6.07 Å². The number of aryl methyl sites for hydroxylation is 3. The highest BCUT2D eigenvalue weighted by Gasteiger charge is 2.23. The van der Waals surface area contributed by atoms with E-state index in [1.807, 2.05) is 17.0 Å². The van der Waals surface area contributed by atoms with Crippen molar-refractivity contribution < 1.29 is 4.79 Å². The summed E-state index contributed by atoms with van der Waals surface area (Å²) in [6, 6.07) is 12.0. The third kappa shape index (κ3) is 3.97. The minimum Gasteiger partial charge on any atom is -0.352 e. The summed E-state index contributed by atoms with van der Waals surface area (Å²) < 4.78 is 0. The molecule has 1 aromatic carbocycles. The highest BCUT2D eigenvalue weighted by molar-refractivity contribution is 5.94. The van der Waals surface area contributed by atoms with Gasteiger partial charge < -0.3 is 9.80 Å². The zero-order chi connectivity index (χ0) is 20.4. The van der Waals surface area contributed by atoms with E-state index in [0.717, 1.165) is 30.2 Å². The molecule has 0 bridgehead atoms. The van der Waals surface area contributed by atoms with Crippen molar-refractivity contribution in [3.8, 4) is 11.3 Å². The fraction of sp³-hybridized carbons (Fsp3) is 0.304. The predicted molar refractivity (Wildman–Crippen MR) is 114 cm³/mol. The summed E-state index contributed by atoms with van der Waals surface area (Å²) in [6.07, 6.45) is 3.30. The first kappa shape index (κ1) is 19.1. The summed E-state index contributed by atoms with van der Waals surface area (Å²) >= 11 is 0. The number of nitrogens with zero attached hydrogens (tertiary/aromatic N) is 5. The first-order valence-corrected chi connectivity index (χ1v) is 9.89. The summed E-state index contributed by atoms with van der Waals surface area (Å²) in [5, 5.41) is 8.94. The first-order valence-electron chi connectivity index (χ1n) is 9.89. The van der Waals surface area contributed by atoms with Crippen molar-refractivity contribution in [2.45, 2.75) is 20.8 Å². The Hall–Kier alpha value is -3.28. The molecule has 6 nitrogen and oxygen atoms in total. The van der Waals surface area contributed by atoms with Crippen molar-refractivity contribution >= 4 is 11.7 Å². The van der Waals surface area contributed by atoms with E-state index >= 15 is 0 Å². The second-order valence-corrected chi connectivity index (χ2v) is 7.55. The molecule has 0 radical (unpaired) electrons. The minimum atomic E-state index is 0.0319. The Labute approximate surface area is 171 Å². The van der Waals surface area contributed by atoms with Crippen molar-refractivity contribution in [2.75, 3.05) is 31.1 Å². The van der Waals surface area contributed by atoms with Crippen molar-refractivity contribution in [1.29, 1.82) is 0 Å². The normalized spacial score (nSPS) is 14.2. The maximum atomic E-state index is 12.6. The van der Waals surface area contributed by atoms with E-state index in [1.165, 1.54) is 16.7 Å². The minimum absolute atomic E-state index is 0.0319. The van der Waals surface area contributed by atoms with Crippen LogP contribution in [-0.2, 0) is 0 Å². The molecule has 1 amide bonds. The van der Waals surface area contributed by atoms with E-state index < -0.39 is 0 Å². The van der Waals surface area contributed by atoms with Crippen LogP contribution in [-0.4, -0.2) is 52.2 Å². The molecule has 1 fully saturated rings. The lowest BCUT2D eigenvalue weighted by Crippen LogP contribution is -2.49. The highest BCUT2D eigenvalue weighted by Crippen LogP contribution is 2.25. The molecule has 0 spiro atoms. The molecule has 2 aromatic heterocycles. The Morgan fingerprint density at radius 1 is 0.897 bits per heavy atom. The molecular weight excluding hydrogens is 362 g/mol. The molecule has 0 saturated carbocycles. The van der Waals surface area contributed by atoms with Crippen LogP contribution in [0, 0.1) is 20.8 Å². The van der Waals surface area contributed by atoms with Crippen LogP contribution < -0.4 is 4.90 Å². The molecule has 3 aromatic rings. The van der Waals surface area contributed by atoms with Crippen LogP contribution in [0.2, 0.25) is 0 Å². The molecule has 0 aliphatic carbocycles. The largest absolute Gasteiger partial charge is 0.352 e. The SMILES string of the molecule is Cc1cc(C)c(-c2ccc(N3CCN(C(=O)c4cccnc4)CC3)nn2)cc1C. The number of hydrogen-bond donors (Lipinski definition) is 0. The number of anilines is 1. The maximum Gasteiger partial charge on any atom is 0.255 e. The van der Waals surface area contributed by atoms with Crippen LogP contribution in [0.3, 0.4) is 0 Å². The molecule has 1 aliphatic rings. The van der Waals surface area contributed by atoms with E-state index in [-0.39, 0.29) is 5.91 Å². The zero-order valence-corrected chi connectivity index (χ0v) is 17.1. The Balaban J connectivity index is 1.43. The number of amides is 1. The van der Waals surface area contributed by atoms with Crippen molar-refractivity contribution in [2.24, 2.45) is 0 Å². The van der Waals surface area contributed by atoms with E-state index in [9.17, 15) is 4.79 Å². The van der Waals surface area contributed by atoms with Gasteiger partial charge in [0.2, 0.25) is 0 Å². The van der Waals surface area contributed by atoms with Gasteiger partial charge in [0.1, 0.15) is 0 Å². The van der Waals surface area contributed by atoms with Crippen molar-refractivity contribution in [1.82, 2.24) is 20.1 Å². The molecule has 1 aliphatic heterocycles. The van der Waals surface area contributed by atoms with Crippen LogP contribution in [0.5, 0.6) is 0 Å². The molecule has 148 valence electrons. The lowest BCUT2D eigenvalue weighted by atomic mass is 9.99. The number of rotatable bonds is 3. The van der Waals surface area contributed by atoms with Gasteiger partial charge in [-0.15, -0.1) is 10.2 Å². The van der Waals surface area contributed by atoms with Gasteiger partial charge in [0, 0.05) is 44.1 Å². The number of hydrogen-bond acceptors (Lipinski definition) is 5. The number of pyridine rings is 1. The summed E-state index contributed by atoms with van der Waals surface area (Å²) in [5.41, 5.74) is 6.39. The Morgan fingerprint density at radius 2 is 1.66 bits per heavy atom. The Bertz CT molecular complexity index is 1010. The molecular formula is C23H25N5O. The molecule has 0 N–H and O–H groups in total. The first-order chi connectivity index (χ1) is 14.0. The van der Waals surface area contributed by atoms with Gasteiger partial charge in [-0.2, -0.15) is 0 Å². The van der Waals surface area contributed by atoms with E-state index in [0.29, 0.717) is 18.7 Å². The molecule has 4 rings (SSSR count). The van der Waals surface area contributed by atoms with Crippen LogP contribution in [0.4, 0.5) is 5.82 Å². The average molecular weight is 387 g/mol. The molecule has 0 atom stereocenters. The Morgan fingerprint density at radius 3 is 2.31 bits per heavy atom. The van der Waals surface area contributed by atoms with E-state index in [1.54, 1.807) is 24.5 Å². The molecule has 29 heavy (non-hydrogen) atoms. The summed E-state index contributed by atoms with van der Waals surface area (Å²) in [5.74, 6) is 0.883. The topological polar surface area (TPSA) is 62.2 Å². The second-order valence-electron chi connectivity index (χ2n) is 7.55. The molecule has 6 heteroatoms. The van der Waals surface area contributed by atoms with Crippen molar-refractivity contribution in [3.05, 3.63) is 71.0 Å². The number of benzene rings is 1. The second kappa shape index (κ2) is 7.99. The summed E-state index contributed by atoms with van der Waals surface area (Å²) in [7, 11) is 0. The van der Waals surface area contributed by atoms with Gasteiger partial charge in [0.25, 0.3) is 5.91 Å². The number of carbonyl (C=O) groups excluding carboxylic acids is 1. The lowest BCUT2D eigenvalue weighted by molar-refractivity contribution is 0.0746. The van der Waals surface area contributed by atoms with Crippen molar-refractivity contribution in [3.63, 3.8) is 0 Å². The lowest BCUT2D eigenvalue weighted by Gasteiger charge is -2.35. The molecule has 0 unspecified atom stereocenters. The standard InChI is InChI=1S/C23H25N5O/c1-16-13-18(3)20(14-17(16)2)21-6-7-22(26-25-21)27-9-11-28(12-10-27)23(29)19-5-4-8-24-15-19/h4-8,13-15H,9-12H2,1-3H3. The third-order valence-corrected chi connectivity index (χ3v) is 5.57. The predicted octanol–water partition coefficient (Wildman–Crippen LogP) is 3.43. The van der Waals surface area contributed by atoms with Gasteiger partial charge in [-0.25, -0.2) is 0 Å². The van der Waals surface area contributed by atoms with Crippen LogP contribution >= 0.6 is 0 Å². The zero-order valence-electron chi connectivity index (χ0n) is 17.1. The highest BCUT2D eigenvalue weighted by atomic mass is 16.2. The fourth-order valence-electron chi connectivity index (χ4n) is 3.68. The van der Waals surface area contributed by atoms with Gasteiger partial charge in [-0.3, -0.25) is 9.78 Å². The van der Waals surface area contributed by atoms with Gasteiger partial charge in [-0.05, 0) is 67.8 Å². The molecule has 3 heterocycles. The van der Waals surface area contributed by atoms with E-state index in [4.69, 9.17) is 0 Å². The number of carbonyl (C=O) groups is 1. The average Bonchev–Trinajstić information content (AvgIpc) is 2.77.